The average molecular weight is 322 g/mol. The zero-order chi connectivity index (χ0) is 16.1. The predicted octanol–water partition coefficient (Wildman–Crippen LogP) is 1.80. The van der Waals surface area contributed by atoms with Crippen LogP contribution < -0.4 is 5.73 Å². The Morgan fingerprint density at radius 3 is 2.83 bits per heavy atom. The molecule has 1 aromatic carbocycles. The number of H-pyrrole nitrogens is 1. The molecule has 2 aromatic rings. The van der Waals surface area contributed by atoms with Crippen molar-refractivity contribution in [2.45, 2.75) is 37.7 Å². The SMILES string of the molecule is Cn1[nH]c2c1CN([C@H]1CO[C@H](c3cc(F)ccc3F)[C@@H](N)C1)C2. The molecule has 23 heavy (non-hydrogen) atoms. The van der Waals surface area contributed by atoms with Gasteiger partial charge in [-0.25, -0.2) is 8.78 Å². The molecule has 2 aliphatic heterocycles. The summed E-state index contributed by atoms with van der Waals surface area (Å²) in [5, 5.41) is 3.24. The molecule has 124 valence electrons. The zero-order valence-electron chi connectivity index (χ0n) is 12.9. The number of nitrogens with two attached hydrogens (primary N) is 1. The molecule has 5 nitrogen and oxygen atoms in total. The van der Waals surface area contributed by atoms with E-state index >= 15 is 0 Å². The van der Waals surface area contributed by atoms with Crippen LogP contribution in [0.1, 0.15) is 29.5 Å². The minimum atomic E-state index is -0.595. The third-order valence-electron chi connectivity index (χ3n) is 4.95. The molecule has 1 saturated heterocycles. The van der Waals surface area contributed by atoms with Gasteiger partial charge in [-0.3, -0.25) is 14.7 Å². The third-order valence-corrected chi connectivity index (χ3v) is 4.95. The minimum Gasteiger partial charge on any atom is -0.370 e. The smallest absolute Gasteiger partial charge is 0.129 e. The molecule has 0 amide bonds. The number of hydrogen-bond acceptors (Lipinski definition) is 3. The number of aromatic nitrogens is 2. The number of ether oxygens (including phenoxy) is 1. The maximum absolute atomic E-state index is 13.9. The lowest BCUT2D eigenvalue weighted by Gasteiger charge is -2.38. The van der Waals surface area contributed by atoms with Gasteiger partial charge in [-0.2, -0.15) is 0 Å². The van der Waals surface area contributed by atoms with Crippen LogP contribution in [-0.4, -0.2) is 33.4 Å². The van der Waals surface area contributed by atoms with Crippen molar-refractivity contribution < 1.29 is 13.5 Å². The number of rotatable bonds is 2. The zero-order valence-corrected chi connectivity index (χ0v) is 12.9. The fraction of sp³-hybridized carbons (Fsp3) is 0.500. The molecule has 0 spiro atoms. The molecule has 2 aliphatic rings. The molecular weight excluding hydrogens is 302 g/mol. The van der Waals surface area contributed by atoms with Gasteiger partial charge in [0.05, 0.1) is 18.0 Å². The van der Waals surface area contributed by atoms with Crippen LogP contribution in [0.25, 0.3) is 0 Å². The summed E-state index contributed by atoms with van der Waals surface area (Å²) in [6, 6.07) is 3.25. The van der Waals surface area contributed by atoms with Crippen LogP contribution >= 0.6 is 0 Å². The Kier molecular flexibility index (Phi) is 3.51. The van der Waals surface area contributed by atoms with Crippen LogP contribution in [0.3, 0.4) is 0 Å². The molecule has 4 rings (SSSR count). The summed E-state index contributed by atoms with van der Waals surface area (Å²) < 4.78 is 35.2. The van der Waals surface area contributed by atoms with Gasteiger partial charge in [-0.15, -0.1) is 0 Å². The number of benzene rings is 1. The van der Waals surface area contributed by atoms with Crippen molar-refractivity contribution in [2.24, 2.45) is 12.8 Å². The second kappa shape index (κ2) is 5.43. The van der Waals surface area contributed by atoms with Gasteiger partial charge in [0.15, 0.2) is 0 Å². The Morgan fingerprint density at radius 2 is 2.13 bits per heavy atom. The molecule has 0 saturated carbocycles. The van der Waals surface area contributed by atoms with E-state index in [1.54, 1.807) is 0 Å². The molecular formula is C16H20F2N4O. The van der Waals surface area contributed by atoms with Crippen molar-refractivity contribution in [1.29, 1.82) is 0 Å². The van der Waals surface area contributed by atoms with Crippen molar-refractivity contribution in [3.63, 3.8) is 0 Å². The maximum Gasteiger partial charge on any atom is 0.129 e. The number of nitrogens with one attached hydrogen (secondary N) is 1. The largest absolute Gasteiger partial charge is 0.370 e. The molecule has 0 radical (unpaired) electrons. The highest BCUT2D eigenvalue weighted by Crippen LogP contribution is 2.34. The van der Waals surface area contributed by atoms with Crippen LogP contribution in [0.4, 0.5) is 8.78 Å². The summed E-state index contributed by atoms with van der Waals surface area (Å²) in [6.45, 7) is 2.20. The minimum absolute atomic E-state index is 0.193. The molecule has 3 N–H and O–H groups in total. The Labute approximate surface area is 133 Å². The summed E-state index contributed by atoms with van der Waals surface area (Å²) >= 11 is 0. The molecule has 3 heterocycles. The van der Waals surface area contributed by atoms with Gasteiger partial charge >= 0.3 is 0 Å². The van der Waals surface area contributed by atoms with Gasteiger partial charge in [0.2, 0.25) is 0 Å². The number of aromatic amines is 1. The van der Waals surface area contributed by atoms with Crippen LogP contribution in [0, 0.1) is 11.6 Å². The molecule has 0 bridgehead atoms. The van der Waals surface area contributed by atoms with Crippen LogP contribution in [0.15, 0.2) is 18.2 Å². The fourth-order valence-corrected chi connectivity index (χ4v) is 3.67. The van der Waals surface area contributed by atoms with Crippen molar-refractivity contribution in [1.82, 2.24) is 14.7 Å². The second-order valence-corrected chi connectivity index (χ2v) is 6.47. The number of hydrogen-bond donors (Lipinski definition) is 2. The molecule has 1 aromatic heterocycles. The maximum atomic E-state index is 13.9. The van der Waals surface area contributed by atoms with E-state index in [4.69, 9.17) is 10.5 Å². The first kappa shape index (κ1) is 14.9. The molecule has 7 heteroatoms. The van der Waals surface area contributed by atoms with Gasteiger partial charge in [0.25, 0.3) is 0 Å². The normalized spacial score (nSPS) is 28.3. The lowest BCUT2D eigenvalue weighted by Crippen LogP contribution is -2.47. The number of aryl methyl sites for hydroxylation is 1. The summed E-state index contributed by atoms with van der Waals surface area (Å²) in [6.07, 6.45) is 0.104. The van der Waals surface area contributed by atoms with E-state index in [1.807, 2.05) is 11.7 Å². The van der Waals surface area contributed by atoms with E-state index in [-0.39, 0.29) is 17.6 Å². The number of halogens is 2. The van der Waals surface area contributed by atoms with E-state index in [0.717, 1.165) is 25.2 Å². The lowest BCUT2D eigenvalue weighted by atomic mass is 9.93. The van der Waals surface area contributed by atoms with Crippen LogP contribution in [-0.2, 0) is 24.9 Å². The van der Waals surface area contributed by atoms with Gasteiger partial charge in [-0.05, 0) is 24.6 Å². The van der Waals surface area contributed by atoms with Gasteiger partial charge in [0, 0.05) is 37.8 Å². The van der Waals surface area contributed by atoms with E-state index in [0.29, 0.717) is 13.0 Å². The molecule has 1 fully saturated rings. The monoisotopic (exact) mass is 322 g/mol. The van der Waals surface area contributed by atoms with Crippen molar-refractivity contribution in [3.8, 4) is 0 Å². The summed E-state index contributed by atoms with van der Waals surface area (Å²) in [5.74, 6) is -0.946. The quantitative estimate of drug-likeness (QED) is 0.886. The average Bonchev–Trinajstić information content (AvgIpc) is 2.87. The predicted molar refractivity (Wildman–Crippen MR) is 80.4 cm³/mol. The Bertz CT molecular complexity index is 726. The topological polar surface area (TPSA) is 59.2 Å². The fourth-order valence-electron chi connectivity index (χ4n) is 3.67. The number of nitrogens with zero attached hydrogens (tertiary/aromatic N) is 2. The summed E-state index contributed by atoms with van der Waals surface area (Å²) in [4.78, 5) is 2.32. The van der Waals surface area contributed by atoms with Gasteiger partial charge in [-0.1, -0.05) is 0 Å². The summed E-state index contributed by atoms with van der Waals surface area (Å²) in [7, 11) is 1.99. The summed E-state index contributed by atoms with van der Waals surface area (Å²) in [5.41, 5.74) is 8.98. The lowest BCUT2D eigenvalue weighted by molar-refractivity contribution is -0.0531. The standard InChI is InChI=1S/C16H20F2N4O/c1-21-15-7-22(6-14(15)20-21)10-5-13(19)16(23-8-10)11-4-9(17)2-3-12(11)18/h2-4,10,13,16,20H,5-8,19H2,1H3/t10-,13+,16-/m1/s1. The van der Waals surface area contributed by atoms with Crippen molar-refractivity contribution >= 4 is 0 Å². The van der Waals surface area contributed by atoms with Crippen molar-refractivity contribution in [2.75, 3.05) is 6.61 Å². The van der Waals surface area contributed by atoms with E-state index in [1.165, 1.54) is 17.5 Å². The van der Waals surface area contributed by atoms with Crippen molar-refractivity contribution in [3.05, 3.63) is 46.8 Å². The third kappa shape index (κ3) is 2.49. The van der Waals surface area contributed by atoms with Gasteiger partial charge in [0.1, 0.15) is 17.7 Å². The van der Waals surface area contributed by atoms with E-state index in [9.17, 15) is 8.78 Å². The highest BCUT2D eigenvalue weighted by atomic mass is 19.1. The first-order chi connectivity index (χ1) is 11.0. The molecule has 3 atom stereocenters. The highest BCUT2D eigenvalue weighted by molar-refractivity contribution is 5.24. The molecule has 0 unspecified atom stereocenters. The molecule has 0 aliphatic carbocycles. The highest BCUT2D eigenvalue weighted by Gasteiger charge is 2.37. The Balaban J connectivity index is 1.46. The second-order valence-electron chi connectivity index (χ2n) is 6.47. The van der Waals surface area contributed by atoms with Gasteiger partial charge < -0.3 is 10.5 Å². The van der Waals surface area contributed by atoms with E-state index in [2.05, 4.69) is 10.00 Å². The first-order valence-corrected chi connectivity index (χ1v) is 7.81. The van der Waals surface area contributed by atoms with Crippen LogP contribution in [0.2, 0.25) is 0 Å². The van der Waals surface area contributed by atoms with E-state index < -0.39 is 17.7 Å². The van der Waals surface area contributed by atoms with Crippen LogP contribution in [0.5, 0.6) is 0 Å². The Morgan fingerprint density at radius 1 is 1.30 bits per heavy atom. The Hall–Kier alpha value is -1.70. The number of fused-ring (bicyclic) bond motifs is 1. The first-order valence-electron chi connectivity index (χ1n) is 7.81.